The molecule has 1 heteroatoms. The maximum absolute atomic E-state index is 2.48. The van der Waals surface area contributed by atoms with E-state index in [9.17, 15) is 0 Å². The summed E-state index contributed by atoms with van der Waals surface area (Å²) in [6, 6.07) is 2.48. The zero-order valence-electron chi connectivity index (χ0n) is 16.8. The van der Waals surface area contributed by atoms with Crippen molar-refractivity contribution in [3.05, 3.63) is 29.6 Å². The molecular formula is C23H42N+. The first-order valence-electron chi connectivity index (χ1n) is 10.8. The monoisotopic (exact) mass is 332 g/mol. The van der Waals surface area contributed by atoms with Crippen LogP contribution in [0.4, 0.5) is 0 Å². The molecule has 1 heterocycles. The van der Waals surface area contributed by atoms with Gasteiger partial charge in [-0.05, 0) is 38.7 Å². The minimum Gasteiger partial charge on any atom is -0.205 e. The van der Waals surface area contributed by atoms with Crippen LogP contribution in [0.1, 0.15) is 109 Å². The highest BCUT2D eigenvalue weighted by atomic mass is 14.9. The molecule has 0 aromatic carbocycles. The number of rotatable bonds is 15. The summed E-state index contributed by atoms with van der Waals surface area (Å²) in [6.45, 7) is 7.93. The van der Waals surface area contributed by atoms with Crippen molar-refractivity contribution in [3.63, 3.8) is 0 Å². The fourth-order valence-electron chi connectivity index (χ4n) is 3.45. The van der Waals surface area contributed by atoms with Crippen molar-refractivity contribution in [1.82, 2.24) is 0 Å². The summed E-state index contributed by atoms with van der Waals surface area (Å²) < 4.78 is 2.39. The van der Waals surface area contributed by atoms with Gasteiger partial charge in [-0.2, -0.15) is 0 Å². The number of aryl methyl sites for hydroxylation is 3. The lowest BCUT2D eigenvalue weighted by atomic mass is 10.0. The predicted molar refractivity (Wildman–Crippen MR) is 106 cm³/mol. The van der Waals surface area contributed by atoms with E-state index in [2.05, 4.69) is 43.8 Å². The first-order chi connectivity index (χ1) is 11.8. The van der Waals surface area contributed by atoms with Gasteiger partial charge in [-0.3, -0.25) is 0 Å². The second-order valence-electron chi connectivity index (χ2n) is 7.42. The van der Waals surface area contributed by atoms with Crippen LogP contribution in [0.25, 0.3) is 0 Å². The topological polar surface area (TPSA) is 3.88 Å². The summed E-state index contributed by atoms with van der Waals surface area (Å²) in [5.74, 6) is 0. The van der Waals surface area contributed by atoms with E-state index in [0.29, 0.717) is 0 Å². The Morgan fingerprint density at radius 2 is 1.00 bits per heavy atom. The van der Waals surface area contributed by atoms with Gasteiger partial charge in [0.2, 0.25) is 0 Å². The number of aromatic nitrogens is 1. The molecule has 0 spiro atoms. The van der Waals surface area contributed by atoms with E-state index in [1.54, 1.807) is 11.1 Å². The molecule has 138 valence electrons. The van der Waals surface area contributed by atoms with Crippen LogP contribution in [0.3, 0.4) is 0 Å². The summed E-state index contributed by atoms with van der Waals surface area (Å²) in [5.41, 5.74) is 3.10. The maximum atomic E-state index is 2.48. The van der Waals surface area contributed by atoms with Crippen LogP contribution in [-0.2, 0) is 19.4 Å². The van der Waals surface area contributed by atoms with Crippen molar-refractivity contribution in [2.24, 2.45) is 0 Å². The number of unbranched alkanes of at least 4 members (excludes halogenated alkanes) is 10. The third-order valence-electron chi connectivity index (χ3n) is 5.04. The number of nitrogens with zero attached hydrogens (tertiary/aromatic N) is 1. The van der Waals surface area contributed by atoms with E-state index in [-0.39, 0.29) is 0 Å². The van der Waals surface area contributed by atoms with E-state index in [0.717, 1.165) is 6.54 Å². The zero-order valence-corrected chi connectivity index (χ0v) is 16.8. The Labute approximate surface area is 151 Å². The van der Waals surface area contributed by atoms with Crippen LogP contribution < -0.4 is 4.57 Å². The average Bonchev–Trinajstić information content (AvgIpc) is 2.61. The molecule has 0 aliphatic carbocycles. The second-order valence-corrected chi connectivity index (χ2v) is 7.42. The van der Waals surface area contributed by atoms with E-state index in [1.807, 2.05) is 0 Å². The Hall–Kier alpha value is -0.850. The normalized spacial score (nSPS) is 11.1. The molecule has 0 saturated heterocycles. The molecule has 0 aliphatic rings. The molecule has 1 aromatic rings. The molecule has 1 nitrogen and oxygen atoms in total. The van der Waals surface area contributed by atoms with E-state index < -0.39 is 0 Å². The van der Waals surface area contributed by atoms with Gasteiger partial charge in [0.05, 0.1) is 0 Å². The van der Waals surface area contributed by atoms with Crippen molar-refractivity contribution >= 4 is 0 Å². The lowest BCUT2D eigenvalue weighted by Gasteiger charge is -2.06. The van der Waals surface area contributed by atoms with Crippen LogP contribution >= 0.6 is 0 Å². The Kier molecular flexibility index (Phi) is 12.8. The van der Waals surface area contributed by atoms with E-state index in [4.69, 9.17) is 0 Å². The summed E-state index contributed by atoms with van der Waals surface area (Å²) in [5, 5.41) is 0. The summed E-state index contributed by atoms with van der Waals surface area (Å²) in [6.07, 6.45) is 23.9. The van der Waals surface area contributed by atoms with Gasteiger partial charge in [-0.15, -0.1) is 0 Å². The predicted octanol–water partition coefficient (Wildman–Crippen LogP) is 6.80. The Bertz CT molecular complexity index is 376. The van der Waals surface area contributed by atoms with Crippen molar-refractivity contribution in [1.29, 1.82) is 0 Å². The van der Waals surface area contributed by atoms with Crippen molar-refractivity contribution in [3.8, 4) is 0 Å². The van der Waals surface area contributed by atoms with E-state index in [1.165, 1.54) is 89.9 Å². The van der Waals surface area contributed by atoms with Gasteiger partial charge in [0.25, 0.3) is 0 Å². The van der Waals surface area contributed by atoms with Gasteiger partial charge >= 0.3 is 0 Å². The smallest absolute Gasteiger partial charge is 0.171 e. The summed E-state index contributed by atoms with van der Waals surface area (Å²) in [4.78, 5) is 0. The van der Waals surface area contributed by atoms with Crippen molar-refractivity contribution in [2.45, 2.75) is 117 Å². The molecular weight excluding hydrogens is 290 g/mol. The van der Waals surface area contributed by atoms with Gasteiger partial charge in [0, 0.05) is 11.1 Å². The standard InChI is InChI=1S/C23H42N/c1-4-7-9-11-13-15-17-22-19-23(21-24(6-3)20-22)18-16-14-12-10-8-5-2/h19-21H,4-18H2,1-3H3/q+1. The average molecular weight is 333 g/mol. The first-order valence-corrected chi connectivity index (χ1v) is 10.8. The minimum atomic E-state index is 1.09. The SMILES string of the molecule is CCCCCCCCc1cc(CCCCCCCC)c[n+](CC)c1. The van der Waals surface area contributed by atoms with Gasteiger partial charge in [-0.25, -0.2) is 4.57 Å². The van der Waals surface area contributed by atoms with Crippen LogP contribution in [0.15, 0.2) is 18.5 Å². The first kappa shape index (κ1) is 21.2. The second kappa shape index (κ2) is 14.5. The fraction of sp³-hybridized carbons (Fsp3) is 0.783. The molecule has 24 heavy (non-hydrogen) atoms. The molecule has 0 unspecified atom stereocenters. The van der Waals surface area contributed by atoms with Crippen LogP contribution in [0.2, 0.25) is 0 Å². The third kappa shape index (κ3) is 10.1. The molecule has 0 amide bonds. The number of hydrogen-bond acceptors (Lipinski definition) is 0. The Morgan fingerprint density at radius 1 is 0.583 bits per heavy atom. The molecule has 1 aromatic heterocycles. The van der Waals surface area contributed by atoms with Crippen molar-refractivity contribution < 1.29 is 4.57 Å². The molecule has 0 bridgehead atoms. The molecule has 0 fully saturated rings. The molecule has 1 rings (SSSR count). The van der Waals surface area contributed by atoms with Crippen LogP contribution in [0, 0.1) is 0 Å². The van der Waals surface area contributed by atoms with Crippen molar-refractivity contribution in [2.75, 3.05) is 0 Å². The third-order valence-corrected chi connectivity index (χ3v) is 5.04. The van der Waals surface area contributed by atoms with Gasteiger partial charge in [-0.1, -0.05) is 78.1 Å². The zero-order chi connectivity index (χ0) is 17.5. The lowest BCUT2D eigenvalue weighted by Crippen LogP contribution is -2.32. The maximum Gasteiger partial charge on any atom is 0.171 e. The highest BCUT2D eigenvalue weighted by Gasteiger charge is 2.06. The molecule has 0 radical (unpaired) electrons. The molecule has 0 N–H and O–H groups in total. The molecule has 0 saturated carbocycles. The van der Waals surface area contributed by atoms with E-state index >= 15 is 0 Å². The van der Waals surface area contributed by atoms with Gasteiger partial charge < -0.3 is 0 Å². The van der Waals surface area contributed by atoms with Crippen LogP contribution in [-0.4, -0.2) is 0 Å². The van der Waals surface area contributed by atoms with Crippen LogP contribution in [0.5, 0.6) is 0 Å². The summed E-state index contributed by atoms with van der Waals surface area (Å²) in [7, 11) is 0. The largest absolute Gasteiger partial charge is 0.205 e. The Morgan fingerprint density at radius 3 is 1.42 bits per heavy atom. The minimum absolute atomic E-state index is 1.09. The molecule has 0 aliphatic heterocycles. The number of pyridine rings is 1. The molecule has 0 atom stereocenters. The highest BCUT2D eigenvalue weighted by Crippen LogP contribution is 2.13. The lowest BCUT2D eigenvalue weighted by molar-refractivity contribution is -0.694. The summed E-state index contributed by atoms with van der Waals surface area (Å²) >= 11 is 0. The Balaban J connectivity index is 2.34. The van der Waals surface area contributed by atoms with Gasteiger partial charge in [0.15, 0.2) is 12.4 Å². The number of hydrogen-bond donors (Lipinski definition) is 0. The highest BCUT2D eigenvalue weighted by molar-refractivity contribution is 5.15. The van der Waals surface area contributed by atoms with Gasteiger partial charge in [0.1, 0.15) is 6.54 Å². The fourth-order valence-corrected chi connectivity index (χ4v) is 3.45. The quantitative estimate of drug-likeness (QED) is 0.245.